The van der Waals surface area contributed by atoms with Crippen molar-refractivity contribution in [3.63, 3.8) is 0 Å². The Kier molecular flexibility index (Phi) is 10.2. The second kappa shape index (κ2) is 12.9. The first-order valence-corrected chi connectivity index (χ1v) is 10.3. The fraction of sp³-hybridized carbons (Fsp3) is 0.478. The maximum atomic E-state index is 13.6. The van der Waals surface area contributed by atoms with Crippen molar-refractivity contribution in [2.45, 2.75) is 44.3 Å². The van der Waals surface area contributed by atoms with E-state index in [0.717, 1.165) is 0 Å². The quantitative estimate of drug-likeness (QED) is 0.162. The number of halogens is 1. The van der Waals surface area contributed by atoms with Gasteiger partial charge in [0.25, 0.3) is 0 Å². The molecule has 2 rings (SSSR count). The van der Waals surface area contributed by atoms with E-state index < -0.39 is 18.0 Å². The zero-order chi connectivity index (χ0) is 22.6. The summed E-state index contributed by atoms with van der Waals surface area (Å²) >= 11 is 0. The van der Waals surface area contributed by atoms with E-state index in [4.69, 9.17) is 4.74 Å². The molecule has 1 fully saturated rings. The van der Waals surface area contributed by atoms with Crippen molar-refractivity contribution in [3.8, 4) is 5.75 Å². The number of rotatable bonds is 11. The molecule has 0 heterocycles. The molecule has 1 aromatic rings. The smallest absolute Gasteiger partial charge is 0.305 e. The first-order valence-electron chi connectivity index (χ1n) is 10.3. The number of hydrogen-bond acceptors (Lipinski definition) is 7. The first kappa shape index (κ1) is 24.6. The minimum absolute atomic E-state index is 0.0547. The molecular weight excluding hydrogens is 405 g/mol. The van der Waals surface area contributed by atoms with Crippen molar-refractivity contribution in [2.24, 2.45) is 17.0 Å². The van der Waals surface area contributed by atoms with E-state index in [1.165, 1.54) is 25.3 Å². The zero-order valence-corrected chi connectivity index (χ0v) is 17.6. The summed E-state index contributed by atoms with van der Waals surface area (Å²) in [6, 6.07) is 5.93. The lowest BCUT2D eigenvalue weighted by Crippen LogP contribution is -2.20. The van der Waals surface area contributed by atoms with Crippen molar-refractivity contribution in [2.75, 3.05) is 13.7 Å². The number of unbranched alkanes of at least 4 members (excludes halogenated alkanes) is 1. The van der Waals surface area contributed by atoms with Gasteiger partial charge in [0.15, 0.2) is 11.6 Å². The van der Waals surface area contributed by atoms with Gasteiger partial charge in [-0.05, 0) is 31.4 Å². The Hall–Kier alpha value is -2.71. The van der Waals surface area contributed by atoms with Crippen LogP contribution in [-0.2, 0) is 9.53 Å². The molecule has 0 spiro atoms. The average molecular weight is 435 g/mol. The standard InChI is InChI=1S/C23H30FNO6/c1-30-23(28)11-5-3-2-4-8-18-17(20(25-29)14-21(18)27)13-12-16(26)15-31-22-10-7-6-9-19(22)24/h2,4,6-7,9-10,12-13,16-18,21,26-27,29H,3,5,8,11,14-15H2,1H3/b4-2-,13-12+,25-20-/t16-,17-,18-,21+/m1/s1. The van der Waals surface area contributed by atoms with Crippen molar-refractivity contribution < 1.29 is 34.1 Å². The van der Waals surface area contributed by atoms with Gasteiger partial charge in [-0.15, -0.1) is 0 Å². The topological polar surface area (TPSA) is 109 Å². The molecule has 0 radical (unpaired) electrons. The number of hydrogen-bond donors (Lipinski definition) is 3. The molecule has 0 amide bonds. The molecule has 170 valence electrons. The molecule has 0 aromatic heterocycles. The molecule has 31 heavy (non-hydrogen) atoms. The van der Waals surface area contributed by atoms with Gasteiger partial charge in [0.05, 0.1) is 18.9 Å². The first-order chi connectivity index (χ1) is 15.0. The van der Waals surface area contributed by atoms with Crippen molar-refractivity contribution in [1.29, 1.82) is 0 Å². The van der Waals surface area contributed by atoms with Crippen LogP contribution in [0.2, 0.25) is 0 Å². The van der Waals surface area contributed by atoms with Crippen LogP contribution in [0.1, 0.15) is 32.1 Å². The van der Waals surface area contributed by atoms with E-state index in [-0.39, 0.29) is 36.6 Å². The second-order valence-electron chi connectivity index (χ2n) is 7.42. The lowest BCUT2D eigenvalue weighted by molar-refractivity contribution is -0.140. The highest BCUT2D eigenvalue weighted by Crippen LogP contribution is 2.34. The third-order valence-electron chi connectivity index (χ3n) is 5.23. The molecule has 3 N–H and O–H groups in total. The van der Waals surface area contributed by atoms with Crippen molar-refractivity contribution in [1.82, 2.24) is 0 Å². The van der Waals surface area contributed by atoms with E-state index in [0.29, 0.717) is 31.4 Å². The van der Waals surface area contributed by atoms with E-state index in [1.807, 2.05) is 12.2 Å². The molecule has 0 saturated heterocycles. The third kappa shape index (κ3) is 7.80. The number of carbonyl (C=O) groups is 1. The lowest BCUT2D eigenvalue weighted by atomic mass is 9.90. The molecule has 0 unspecified atom stereocenters. The maximum Gasteiger partial charge on any atom is 0.305 e. The number of para-hydroxylation sites is 1. The fourth-order valence-electron chi connectivity index (χ4n) is 3.53. The number of oxime groups is 1. The van der Waals surface area contributed by atoms with Gasteiger partial charge >= 0.3 is 5.97 Å². The van der Waals surface area contributed by atoms with E-state index in [9.17, 15) is 24.6 Å². The largest absolute Gasteiger partial charge is 0.487 e. The van der Waals surface area contributed by atoms with Gasteiger partial charge in [0.2, 0.25) is 0 Å². The van der Waals surface area contributed by atoms with E-state index in [2.05, 4.69) is 9.89 Å². The van der Waals surface area contributed by atoms with Crippen LogP contribution >= 0.6 is 0 Å². The minimum Gasteiger partial charge on any atom is -0.487 e. The number of ether oxygens (including phenoxy) is 2. The highest BCUT2D eigenvalue weighted by atomic mass is 19.1. The molecule has 8 heteroatoms. The highest BCUT2D eigenvalue weighted by molar-refractivity contribution is 5.90. The van der Waals surface area contributed by atoms with Gasteiger partial charge in [-0.2, -0.15) is 0 Å². The normalized spacial score (nSPS) is 23.6. The predicted octanol–water partition coefficient (Wildman–Crippen LogP) is 3.24. The number of aliphatic hydroxyl groups excluding tert-OH is 2. The summed E-state index contributed by atoms with van der Waals surface area (Å²) in [6.45, 7) is -0.136. The van der Waals surface area contributed by atoms with Crippen LogP contribution in [0.3, 0.4) is 0 Å². The SMILES string of the molecule is COC(=O)CCC/C=C\C[C@H]1[C@@H](O)C/C(=N/O)[C@@H]1/C=C/[C@@H](O)COc1ccccc1F. The number of aliphatic hydroxyl groups is 2. The summed E-state index contributed by atoms with van der Waals surface area (Å²) < 4.78 is 23.5. The Morgan fingerprint density at radius 1 is 1.35 bits per heavy atom. The minimum atomic E-state index is -0.994. The molecule has 1 aliphatic rings. The molecule has 0 bridgehead atoms. The maximum absolute atomic E-state index is 13.6. The van der Waals surface area contributed by atoms with Gasteiger partial charge < -0.3 is 24.9 Å². The average Bonchev–Trinajstić information content (AvgIpc) is 3.08. The summed E-state index contributed by atoms with van der Waals surface area (Å²) in [5.74, 6) is -1.25. The van der Waals surface area contributed by atoms with Crippen LogP contribution in [0.4, 0.5) is 4.39 Å². The Labute approximate surface area is 181 Å². The Bertz CT molecular complexity index is 794. The van der Waals surface area contributed by atoms with E-state index >= 15 is 0 Å². The number of allylic oxidation sites excluding steroid dienone is 3. The molecule has 1 aliphatic carbocycles. The summed E-state index contributed by atoms with van der Waals surface area (Å²) in [4.78, 5) is 11.1. The van der Waals surface area contributed by atoms with Gasteiger partial charge in [0, 0.05) is 24.7 Å². The van der Waals surface area contributed by atoms with Gasteiger partial charge in [0.1, 0.15) is 12.7 Å². The fourth-order valence-corrected chi connectivity index (χ4v) is 3.53. The van der Waals surface area contributed by atoms with Gasteiger partial charge in [-0.25, -0.2) is 4.39 Å². The van der Waals surface area contributed by atoms with Gasteiger partial charge in [-0.3, -0.25) is 4.79 Å². The molecule has 1 saturated carbocycles. The van der Waals surface area contributed by atoms with Crippen LogP contribution in [-0.4, -0.2) is 53.0 Å². The third-order valence-corrected chi connectivity index (χ3v) is 5.23. The Morgan fingerprint density at radius 3 is 2.84 bits per heavy atom. The van der Waals surface area contributed by atoms with Crippen LogP contribution in [0.15, 0.2) is 53.7 Å². The van der Waals surface area contributed by atoms with Crippen LogP contribution in [0.5, 0.6) is 5.75 Å². The second-order valence-corrected chi connectivity index (χ2v) is 7.42. The number of nitrogens with zero attached hydrogens (tertiary/aromatic N) is 1. The van der Waals surface area contributed by atoms with Crippen LogP contribution in [0.25, 0.3) is 0 Å². The van der Waals surface area contributed by atoms with Gasteiger partial charge in [-0.1, -0.05) is 41.6 Å². The number of esters is 1. The van der Waals surface area contributed by atoms with Crippen LogP contribution < -0.4 is 4.74 Å². The molecule has 1 aromatic carbocycles. The summed E-state index contributed by atoms with van der Waals surface area (Å²) in [5, 5.41) is 33.1. The van der Waals surface area contributed by atoms with Crippen LogP contribution in [0, 0.1) is 17.7 Å². The number of carbonyl (C=O) groups excluding carboxylic acids is 1. The van der Waals surface area contributed by atoms with Crippen molar-refractivity contribution in [3.05, 3.63) is 54.4 Å². The predicted molar refractivity (Wildman–Crippen MR) is 113 cm³/mol. The summed E-state index contributed by atoms with van der Waals surface area (Å²) in [6.07, 6.45) is 7.95. The highest BCUT2D eigenvalue weighted by Gasteiger charge is 2.38. The van der Waals surface area contributed by atoms with E-state index in [1.54, 1.807) is 18.2 Å². The Morgan fingerprint density at radius 2 is 2.13 bits per heavy atom. The van der Waals surface area contributed by atoms with Crippen molar-refractivity contribution >= 4 is 11.7 Å². The number of methoxy groups -OCH3 is 1. The molecular formula is C23H30FNO6. The molecule has 4 atom stereocenters. The Balaban J connectivity index is 1.89. The molecule has 7 nitrogen and oxygen atoms in total. The monoisotopic (exact) mass is 435 g/mol. The lowest BCUT2D eigenvalue weighted by Gasteiger charge is -2.18. The summed E-state index contributed by atoms with van der Waals surface area (Å²) in [7, 11) is 1.36. The summed E-state index contributed by atoms with van der Waals surface area (Å²) in [5.41, 5.74) is 0.440. The molecule has 0 aliphatic heterocycles. The number of benzene rings is 1. The zero-order valence-electron chi connectivity index (χ0n) is 17.6.